The molecule has 0 bridgehead atoms. The number of fused-ring (bicyclic) bond motifs is 1. The van der Waals surface area contributed by atoms with Crippen LogP contribution in [0, 0.1) is 12.8 Å². The van der Waals surface area contributed by atoms with E-state index in [1.807, 2.05) is 66.9 Å². The zero-order valence-corrected chi connectivity index (χ0v) is 22.1. The van der Waals surface area contributed by atoms with Crippen molar-refractivity contribution in [1.29, 1.82) is 0 Å². The first-order valence-electron chi connectivity index (χ1n) is 12.6. The highest BCUT2D eigenvalue weighted by atomic mass is 35.5. The summed E-state index contributed by atoms with van der Waals surface area (Å²) in [6.07, 6.45) is 6.92. The molecule has 1 aromatic carbocycles. The summed E-state index contributed by atoms with van der Waals surface area (Å²) in [5.41, 5.74) is 3.84. The number of aromatic nitrogens is 4. The molecule has 1 amide bonds. The molecule has 1 saturated carbocycles. The van der Waals surface area contributed by atoms with Crippen molar-refractivity contribution < 1.29 is 4.79 Å². The Balaban J connectivity index is 1.31. The third-order valence-electron chi connectivity index (χ3n) is 7.23. The Morgan fingerprint density at radius 2 is 1.78 bits per heavy atom. The fraction of sp³-hybridized carbons (Fsp3) is 0.357. The molecule has 3 heterocycles. The van der Waals surface area contributed by atoms with E-state index in [2.05, 4.69) is 15.3 Å². The Morgan fingerprint density at radius 1 is 1.05 bits per heavy atom. The topological polar surface area (TPSA) is 85.0 Å². The van der Waals surface area contributed by atoms with Gasteiger partial charge in [-0.3, -0.25) is 14.3 Å². The van der Waals surface area contributed by atoms with Crippen LogP contribution in [-0.4, -0.2) is 45.1 Å². The van der Waals surface area contributed by atoms with Crippen LogP contribution in [0.5, 0.6) is 0 Å². The minimum atomic E-state index is -0.136. The predicted molar refractivity (Wildman–Crippen MR) is 147 cm³/mol. The van der Waals surface area contributed by atoms with Gasteiger partial charge in [0.2, 0.25) is 0 Å². The van der Waals surface area contributed by atoms with Gasteiger partial charge in [0.05, 0.1) is 39.2 Å². The summed E-state index contributed by atoms with van der Waals surface area (Å²) in [6, 6.07) is 13.5. The Bertz CT molecular complexity index is 1480. The molecule has 0 saturated heterocycles. The van der Waals surface area contributed by atoms with E-state index in [0.29, 0.717) is 34.6 Å². The lowest BCUT2D eigenvalue weighted by Gasteiger charge is -2.29. The van der Waals surface area contributed by atoms with Gasteiger partial charge >= 0.3 is 5.69 Å². The van der Waals surface area contributed by atoms with Gasteiger partial charge in [0.15, 0.2) is 0 Å². The molecule has 0 unspecified atom stereocenters. The zero-order valence-electron chi connectivity index (χ0n) is 21.3. The number of hydrogen-bond donors (Lipinski definition) is 1. The number of imidazole rings is 1. The molecule has 0 spiro atoms. The number of hydrogen-bond acceptors (Lipinski definition) is 5. The van der Waals surface area contributed by atoms with Gasteiger partial charge in [0.1, 0.15) is 5.82 Å². The van der Waals surface area contributed by atoms with E-state index in [1.165, 1.54) is 0 Å². The van der Waals surface area contributed by atoms with E-state index >= 15 is 0 Å². The van der Waals surface area contributed by atoms with Crippen LogP contribution in [0.15, 0.2) is 59.7 Å². The zero-order chi connectivity index (χ0) is 26.1. The molecule has 192 valence electrons. The lowest BCUT2D eigenvalue weighted by molar-refractivity contribution is 0.0919. The first-order chi connectivity index (χ1) is 17.8. The number of benzene rings is 1. The quantitative estimate of drug-likeness (QED) is 0.403. The van der Waals surface area contributed by atoms with Crippen LogP contribution in [0.1, 0.15) is 41.7 Å². The minimum absolute atomic E-state index is 0.0781. The van der Waals surface area contributed by atoms with Gasteiger partial charge < -0.3 is 10.2 Å². The smallest absolute Gasteiger partial charge is 0.334 e. The normalized spacial score (nSPS) is 17.6. The average Bonchev–Trinajstić information content (AvgIpc) is 3.17. The van der Waals surface area contributed by atoms with Gasteiger partial charge in [0, 0.05) is 32.9 Å². The molecule has 1 fully saturated rings. The highest BCUT2D eigenvalue weighted by Gasteiger charge is 2.26. The van der Waals surface area contributed by atoms with Gasteiger partial charge in [-0.1, -0.05) is 23.7 Å². The van der Waals surface area contributed by atoms with E-state index in [4.69, 9.17) is 11.6 Å². The van der Waals surface area contributed by atoms with Crippen molar-refractivity contribution in [2.45, 2.75) is 45.2 Å². The lowest BCUT2D eigenvalue weighted by Crippen LogP contribution is -2.39. The van der Waals surface area contributed by atoms with Gasteiger partial charge in [-0.05, 0) is 68.9 Å². The number of aryl methyl sites for hydroxylation is 1. The molecule has 0 radical (unpaired) electrons. The maximum Gasteiger partial charge on any atom is 0.334 e. The number of nitrogens with zero attached hydrogens (tertiary/aromatic N) is 5. The third-order valence-corrected chi connectivity index (χ3v) is 7.44. The lowest BCUT2D eigenvalue weighted by atomic mass is 9.85. The summed E-state index contributed by atoms with van der Waals surface area (Å²) in [6.45, 7) is 2.45. The Labute approximate surface area is 220 Å². The summed E-state index contributed by atoms with van der Waals surface area (Å²) in [7, 11) is 3.93. The molecule has 0 aliphatic heterocycles. The molecule has 4 aromatic rings. The maximum absolute atomic E-state index is 13.6. The van der Waals surface area contributed by atoms with E-state index in [0.717, 1.165) is 42.4 Å². The first kappa shape index (κ1) is 25.0. The molecule has 1 aliphatic carbocycles. The van der Waals surface area contributed by atoms with Crippen molar-refractivity contribution in [3.8, 4) is 5.82 Å². The number of halogens is 1. The fourth-order valence-corrected chi connectivity index (χ4v) is 5.29. The average molecular weight is 519 g/mol. The third kappa shape index (κ3) is 5.11. The summed E-state index contributed by atoms with van der Waals surface area (Å²) < 4.78 is 3.57. The number of anilines is 1. The van der Waals surface area contributed by atoms with Crippen molar-refractivity contribution in [3.05, 3.63) is 81.6 Å². The van der Waals surface area contributed by atoms with Crippen LogP contribution in [0.4, 0.5) is 5.69 Å². The minimum Gasteiger partial charge on any atom is -0.376 e. The van der Waals surface area contributed by atoms with Crippen molar-refractivity contribution in [2.24, 2.45) is 5.92 Å². The Kier molecular flexibility index (Phi) is 7.02. The highest BCUT2D eigenvalue weighted by molar-refractivity contribution is 6.30. The van der Waals surface area contributed by atoms with E-state index in [-0.39, 0.29) is 17.6 Å². The monoisotopic (exact) mass is 518 g/mol. The van der Waals surface area contributed by atoms with E-state index in [9.17, 15) is 9.59 Å². The predicted octanol–water partition coefficient (Wildman–Crippen LogP) is 4.60. The number of carbonyl (C=O) groups is 1. The Hall–Kier alpha value is -3.65. The van der Waals surface area contributed by atoms with Gasteiger partial charge in [0.25, 0.3) is 5.91 Å². The van der Waals surface area contributed by atoms with Crippen molar-refractivity contribution in [2.75, 3.05) is 19.0 Å². The molecule has 5 rings (SSSR count). The van der Waals surface area contributed by atoms with Crippen molar-refractivity contribution >= 4 is 34.2 Å². The van der Waals surface area contributed by atoms with E-state index in [1.54, 1.807) is 23.0 Å². The second-order valence-corrected chi connectivity index (χ2v) is 10.4. The number of carbonyl (C=O) groups excluding carboxylic acids is 1. The van der Waals surface area contributed by atoms with Gasteiger partial charge in [-0.25, -0.2) is 14.3 Å². The van der Waals surface area contributed by atoms with Crippen LogP contribution >= 0.6 is 11.6 Å². The summed E-state index contributed by atoms with van der Waals surface area (Å²) in [4.78, 5) is 37.1. The second-order valence-electron chi connectivity index (χ2n) is 9.96. The number of rotatable bonds is 6. The largest absolute Gasteiger partial charge is 0.376 e. The summed E-state index contributed by atoms with van der Waals surface area (Å²) in [5, 5.41) is 3.60. The standard InChI is InChI=1S/C28H31ClN6O2/c1-18-23(14-20(29)15-30-18)27(36)32-21-10-8-19(9-11-21)17-34-24-6-4-5-7-25(24)35(28(34)37)26-13-12-22(16-31-26)33(2)3/h4-7,12-16,19,21H,8-11,17H2,1-3H3,(H,32,36). The molecular weight excluding hydrogens is 488 g/mol. The highest BCUT2D eigenvalue weighted by Crippen LogP contribution is 2.28. The number of para-hydroxylation sites is 2. The maximum atomic E-state index is 13.6. The number of pyridine rings is 2. The Morgan fingerprint density at radius 3 is 2.46 bits per heavy atom. The summed E-state index contributed by atoms with van der Waals surface area (Å²) >= 11 is 6.04. The van der Waals surface area contributed by atoms with Crippen LogP contribution in [0.25, 0.3) is 16.9 Å². The summed E-state index contributed by atoms with van der Waals surface area (Å²) in [5.74, 6) is 0.828. The molecule has 37 heavy (non-hydrogen) atoms. The van der Waals surface area contributed by atoms with Crippen LogP contribution in [0.2, 0.25) is 5.02 Å². The molecule has 8 nitrogen and oxygen atoms in total. The second kappa shape index (κ2) is 10.4. The van der Waals surface area contributed by atoms with E-state index < -0.39 is 0 Å². The van der Waals surface area contributed by atoms with Gasteiger partial charge in [-0.2, -0.15) is 0 Å². The van der Waals surface area contributed by atoms with Crippen LogP contribution < -0.4 is 15.9 Å². The fourth-order valence-electron chi connectivity index (χ4n) is 5.13. The van der Waals surface area contributed by atoms with Crippen LogP contribution in [-0.2, 0) is 6.54 Å². The SMILES string of the molecule is Cc1ncc(Cl)cc1C(=O)NC1CCC(Cn2c(=O)n(-c3ccc(N(C)C)cn3)c3ccccc32)CC1. The van der Waals surface area contributed by atoms with Crippen molar-refractivity contribution in [3.63, 3.8) is 0 Å². The van der Waals surface area contributed by atoms with Crippen molar-refractivity contribution in [1.82, 2.24) is 24.4 Å². The first-order valence-corrected chi connectivity index (χ1v) is 13.0. The van der Waals surface area contributed by atoms with Gasteiger partial charge in [-0.15, -0.1) is 0 Å². The number of nitrogens with one attached hydrogen (secondary N) is 1. The molecule has 9 heteroatoms. The molecule has 1 aliphatic rings. The molecule has 3 aromatic heterocycles. The molecule has 0 atom stereocenters. The number of amides is 1. The molecule has 1 N–H and O–H groups in total. The molecular formula is C28H31ClN6O2. The van der Waals surface area contributed by atoms with Crippen LogP contribution in [0.3, 0.4) is 0 Å².